The van der Waals surface area contributed by atoms with Crippen LogP contribution in [0.4, 0.5) is 0 Å². The van der Waals surface area contributed by atoms with Gasteiger partial charge < -0.3 is 15.2 Å². The molecule has 0 aromatic heterocycles. The summed E-state index contributed by atoms with van der Waals surface area (Å²) in [5, 5.41) is 13.6. The molecule has 4 fully saturated rings. The third kappa shape index (κ3) is 3.46. The zero-order valence-electron chi connectivity index (χ0n) is 20.3. The van der Waals surface area contributed by atoms with Gasteiger partial charge in [-0.1, -0.05) is 23.8 Å². The topological polar surface area (TPSA) is 61.8 Å². The van der Waals surface area contributed by atoms with Crippen LogP contribution in [0, 0.1) is 18.8 Å². The monoisotopic (exact) mass is 494 g/mol. The molecule has 2 aromatic rings. The molecule has 1 amide bonds. The predicted molar refractivity (Wildman–Crippen MR) is 137 cm³/mol. The molecular weight excluding hydrogens is 460 g/mol. The normalized spacial score (nSPS) is 34.6. The summed E-state index contributed by atoms with van der Waals surface area (Å²) in [6, 6.07) is 13.8. The van der Waals surface area contributed by atoms with Gasteiger partial charge in [0.2, 0.25) is 0 Å². The van der Waals surface area contributed by atoms with Gasteiger partial charge in [-0.15, -0.1) is 12.4 Å². The Bertz CT molecular complexity index is 1170. The number of fused-ring (bicyclic) bond motifs is 4. The molecule has 3 aliphatic heterocycles. The van der Waals surface area contributed by atoms with Crippen LogP contribution in [0.1, 0.15) is 65.1 Å². The summed E-state index contributed by atoms with van der Waals surface area (Å²) in [6.45, 7) is 4.87. The minimum atomic E-state index is -0.333. The van der Waals surface area contributed by atoms with Crippen molar-refractivity contribution in [1.29, 1.82) is 0 Å². The summed E-state index contributed by atoms with van der Waals surface area (Å²) in [5.74, 6) is 1.90. The maximum atomic E-state index is 13.1. The summed E-state index contributed by atoms with van der Waals surface area (Å²) in [6.07, 6.45) is 7.09. The largest absolute Gasteiger partial charge is 0.508 e. The molecule has 2 aliphatic carbocycles. The first-order chi connectivity index (χ1) is 16.5. The third-order valence-corrected chi connectivity index (χ3v) is 9.58. The Balaban J connectivity index is 0.00000229. The lowest BCUT2D eigenvalue weighted by Crippen LogP contribution is -2.70. The van der Waals surface area contributed by atoms with Crippen molar-refractivity contribution in [2.45, 2.75) is 68.6 Å². The van der Waals surface area contributed by atoms with Gasteiger partial charge in [-0.05, 0) is 99.2 Å². The van der Waals surface area contributed by atoms with Crippen LogP contribution in [0.3, 0.4) is 0 Å². The number of hydrogen-bond donors (Lipinski definition) is 2. The van der Waals surface area contributed by atoms with E-state index in [1.165, 1.54) is 30.5 Å². The maximum Gasteiger partial charge on any atom is 0.251 e. The SMILES string of the molecule is Cc1cccc(C(=O)NC[C@]23CCC(O2)C24Cc5ccc(O)cc5C(CCN2CC2CC2)C43)c1.Cl. The summed E-state index contributed by atoms with van der Waals surface area (Å²) < 4.78 is 7.00. The molecule has 4 bridgehead atoms. The fourth-order valence-electron chi connectivity index (χ4n) is 8.09. The van der Waals surface area contributed by atoms with Gasteiger partial charge in [0.15, 0.2) is 0 Å². The van der Waals surface area contributed by atoms with E-state index in [9.17, 15) is 9.90 Å². The predicted octanol–water partition coefficient (Wildman–Crippen LogP) is 4.59. The highest BCUT2D eigenvalue weighted by atomic mass is 35.5. The summed E-state index contributed by atoms with van der Waals surface area (Å²) in [4.78, 5) is 15.9. The van der Waals surface area contributed by atoms with Crippen LogP contribution in [-0.4, -0.2) is 52.8 Å². The van der Waals surface area contributed by atoms with E-state index >= 15 is 0 Å². The number of aryl methyl sites for hydroxylation is 1. The average Bonchev–Trinajstić information content (AvgIpc) is 3.47. The number of amides is 1. The van der Waals surface area contributed by atoms with Gasteiger partial charge in [0.05, 0.1) is 17.2 Å². The Morgan fingerprint density at radius 2 is 2.03 bits per heavy atom. The first-order valence-electron chi connectivity index (χ1n) is 13.1. The van der Waals surface area contributed by atoms with E-state index in [-0.39, 0.29) is 35.6 Å². The van der Waals surface area contributed by atoms with Crippen molar-refractivity contribution in [2.75, 3.05) is 19.6 Å². The number of nitrogens with zero attached hydrogens (tertiary/aromatic N) is 1. The van der Waals surface area contributed by atoms with Crippen LogP contribution in [0.15, 0.2) is 42.5 Å². The second-order valence-corrected chi connectivity index (χ2v) is 11.6. The maximum absolute atomic E-state index is 13.1. The third-order valence-electron chi connectivity index (χ3n) is 9.58. The van der Waals surface area contributed by atoms with Crippen molar-refractivity contribution in [1.82, 2.24) is 10.2 Å². The number of carbonyl (C=O) groups excluding carboxylic acids is 1. The number of benzene rings is 2. The number of carbonyl (C=O) groups is 1. The van der Waals surface area contributed by atoms with Crippen molar-refractivity contribution in [2.24, 2.45) is 11.8 Å². The van der Waals surface area contributed by atoms with Crippen LogP contribution in [0.25, 0.3) is 0 Å². The molecule has 6 heteroatoms. The Morgan fingerprint density at radius 3 is 2.83 bits per heavy atom. The lowest BCUT2D eigenvalue weighted by atomic mass is 9.52. The Labute approximate surface area is 213 Å². The number of phenolic OH excluding ortho intramolecular Hbond substituents is 1. The van der Waals surface area contributed by atoms with Gasteiger partial charge in [-0.25, -0.2) is 0 Å². The summed E-state index contributed by atoms with van der Waals surface area (Å²) in [7, 11) is 0. The fraction of sp³-hybridized carbons (Fsp3) is 0.552. The Morgan fingerprint density at radius 1 is 1.17 bits per heavy atom. The van der Waals surface area contributed by atoms with Crippen LogP contribution in [-0.2, 0) is 11.2 Å². The van der Waals surface area contributed by atoms with E-state index in [1.807, 2.05) is 43.3 Å². The molecule has 3 saturated heterocycles. The molecule has 1 saturated carbocycles. The number of ether oxygens (including phenoxy) is 1. The molecule has 4 unspecified atom stereocenters. The first-order valence-corrected chi connectivity index (χ1v) is 13.1. The van der Waals surface area contributed by atoms with Crippen LogP contribution in [0.5, 0.6) is 5.75 Å². The second-order valence-electron chi connectivity index (χ2n) is 11.6. The van der Waals surface area contributed by atoms with Gasteiger partial charge in [0.1, 0.15) is 5.75 Å². The lowest BCUT2D eigenvalue weighted by Gasteiger charge is -2.60. The molecule has 35 heavy (non-hydrogen) atoms. The zero-order valence-corrected chi connectivity index (χ0v) is 21.2. The van der Waals surface area contributed by atoms with E-state index in [0.29, 0.717) is 29.7 Å². The zero-order chi connectivity index (χ0) is 23.1. The molecule has 186 valence electrons. The molecule has 5 nitrogen and oxygen atoms in total. The van der Waals surface area contributed by atoms with Crippen molar-refractivity contribution >= 4 is 18.3 Å². The molecule has 0 spiro atoms. The molecule has 2 N–H and O–H groups in total. The van der Waals surface area contributed by atoms with E-state index < -0.39 is 0 Å². The Hall–Kier alpha value is -2.08. The van der Waals surface area contributed by atoms with Gasteiger partial charge in [-0.3, -0.25) is 9.69 Å². The van der Waals surface area contributed by atoms with E-state index in [4.69, 9.17) is 4.74 Å². The van der Waals surface area contributed by atoms with Crippen LogP contribution >= 0.6 is 12.4 Å². The van der Waals surface area contributed by atoms with Crippen molar-refractivity contribution in [3.05, 3.63) is 64.7 Å². The van der Waals surface area contributed by atoms with Crippen LogP contribution < -0.4 is 5.32 Å². The standard InChI is InChI=1S/C29H34N2O3.ClH/c1-18-3-2-4-20(13-18)27(33)30-17-28-11-9-25(34-28)29-15-21-7-8-22(32)14-24(21)23(26(28)29)10-12-31(29)16-19-5-6-19;/h2-4,7-8,13-14,19,23,25-26,32H,5-6,9-12,15-17H2,1H3,(H,30,33);1H/t23?,25?,26?,28-,29?;/m0./s1. The summed E-state index contributed by atoms with van der Waals surface area (Å²) in [5.41, 5.74) is 4.19. The van der Waals surface area contributed by atoms with Gasteiger partial charge in [0, 0.05) is 24.6 Å². The van der Waals surface area contributed by atoms with E-state index in [0.717, 1.165) is 43.7 Å². The molecule has 3 heterocycles. The number of likely N-dealkylation sites (tertiary alicyclic amines) is 1. The highest BCUT2D eigenvalue weighted by molar-refractivity contribution is 5.94. The molecule has 5 atom stereocenters. The number of hydrogen-bond acceptors (Lipinski definition) is 4. The quantitative estimate of drug-likeness (QED) is 0.638. The number of nitrogens with one attached hydrogen (secondary N) is 1. The number of aromatic hydroxyl groups is 1. The molecule has 0 radical (unpaired) electrons. The molecule has 5 aliphatic rings. The highest BCUT2D eigenvalue weighted by Crippen LogP contribution is 2.66. The fourth-order valence-corrected chi connectivity index (χ4v) is 8.09. The van der Waals surface area contributed by atoms with Crippen molar-refractivity contribution < 1.29 is 14.6 Å². The van der Waals surface area contributed by atoms with E-state index in [1.54, 1.807) is 0 Å². The minimum Gasteiger partial charge on any atom is -0.508 e. The lowest BCUT2D eigenvalue weighted by molar-refractivity contribution is -0.0545. The van der Waals surface area contributed by atoms with Gasteiger partial charge in [-0.2, -0.15) is 0 Å². The Kier molecular flexibility index (Phi) is 5.48. The molecule has 2 aromatic carbocycles. The first kappa shape index (κ1) is 23.3. The number of piperidine rings is 1. The molecule has 7 rings (SSSR count). The average molecular weight is 495 g/mol. The highest BCUT2D eigenvalue weighted by Gasteiger charge is 2.73. The number of phenols is 1. The minimum absolute atomic E-state index is 0. The van der Waals surface area contributed by atoms with Gasteiger partial charge in [0.25, 0.3) is 5.91 Å². The second kappa shape index (κ2) is 8.22. The molecular formula is C29H35ClN2O3. The van der Waals surface area contributed by atoms with E-state index in [2.05, 4.69) is 16.3 Å². The van der Waals surface area contributed by atoms with Crippen LogP contribution in [0.2, 0.25) is 0 Å². The number of halogens is 1. The smallest absolute Gasteiger partial charge is 0.251 e. The summed E-state index contributed by atoms with van der Waals surface area (Å²) >= 11 is 0. The van der Waals surface area contributed by atoms with Crippen molar-refractivity contribution in [3.63, 3.8) is 0 Å². The number of rotatable bonds is 5. The van der Waals surface area contributed by atoms with Gasteiger partial charge >= 0.3 is 0 Å². The van der Waals surface area contributed by atoms with Crippen molar-refractivity contribution in [3.8, 4) is 5.75 Å².